The molecule has 28 heavy (non-hydrogen) atoms. The van der Waals surface area contributed by atoms with E-state index in [1.165, 1.54) is 35.5 Å². The van der Waals surface area contributed by atoms with Crippen molar-refractivity contribution in [2.75, 3.05) is 7.11 Å². The Morgan fingerprint density at radius 3 is 2.61 bits per heavy atom. The standard InChI is InChI=1S/C19H19N5O4/c1-3-16(13-4-7-15(28-2)8-5-13)22-19(25)14-6-9-17(18(10-14)24(26)27)23-12-20-11-21-23/h4-12,16H,3H2,1-2H3,(H,22,25)/t16-/m0/s1. The lowest BCUT2D eigenvalue weighted by Crippen LogP contribution is -2.28. The van der Waals surface area contributed by atoms with Crippen LogP contribution in [0.25, 0.3) is 5.69 Å². The number of hydrogen-bond donors (Lipinski definition) is 1. The van der Waals surface area contributed by atoms with E-state index in [-0.39, 0.29) is 23.0 Å². The van der Waals surface area contributed by atoms with Crippen LogP contribution in [-0.4, -0.2) is 32.7 Å². The third-order valence-electron chi connectivity index (χ3n) is 4.33. The van der Waals surface area contributed by atoms with Gasteiger partial charge in [0, 0.05) is 11.6 Å². The molecule has 1 N–H and O–H groups in total. The van der Waals surface area contributed by atoms with Gasteiger partial charge < -0.3 is 10.1 Å². The van der Waals surface area contributed by atoms with Crippen LogP contribution in [0.3, 0.4) is 0 Å². The first-order valence-corrected chi connectivity index (χ1v) is 8.61. The SMILES string of the molecule is CC[C@H](NC(=O)c1ccc(-n2cncn2)c([N+](=O)[O-])c1)c1ccc(OC)cc1. The third-order valence-corrected chi connectivity index (χ3v) is 4.33. The second kappa shape index (κ2) is 8.30. The zero-order valence-corrected chi connectivity index (χ0v) is 15.4. The van der Waals surface area contributed by atoms with E-state index in [2.05, 4.69) is 15.4 Å². The number of methoxy groups -OCH3 is 1. The molecule has 3 rings (SSSR count). The minimum absolute atomic E-state index is 0.197. The monoisotopic (exact) mass is 381 g/mol. The Kier molecular flexibility index (Phi) is 5.64. The average molecular weight is 381 g/mol. The molecular weight excluding hydrogens is 362 g/mol. The molecule has 2 aromatic carbocycles. The largest absolute Gasteiger partial charge is 0.497 e. The zero-order valence-electron chi connectivity index (χ0n) is 15.4. The number of nitro groups is 1. The summed E-state index contributed by atoms with van der Waals surface area (Å²) < 4.78 is 6.43. The van der Waals surface area contributed by atoms with Crippen LogP contribution < -0.4 is 10.1 Å². The van der Waals surface area contributed by atoms with Gasteiger partial charge in [-0.05, 0) is 36.2 Å². The van der Waals surface area contributed by atoms with Crippen molar-refractivity contribution in [2.45, 2.75) is 19.4 Å². The predicted molar refractivity (Wildman–Crippen MR) is 102 cm³/mol. The van der Waals surface area contributed by atoms with Crippen LogP contribution in [0.2, 0.25) is 0 Å². The number of aromatic nitrogens is 3. The molecule has 0 saturated heterocycles. The quantitative estimate of drug-likeness (QED) is 0.497. The summed E-state index contributed by atoms with van der Waals surface area (Å²) in [5.41, 5.74) is 1.13. The second-order valence-corrected chi connectivity index (χ2v) is 6.01. The molecule has 0 aliphatic rings. The molecule has 0 aliphatic heterocycles. The van der Waals surface area contributed by atoms with Gasteiger partial charge in [0.25, 0.3) is 11.6 Å². The first kappa shape index (κ1) is 19.0. The van der Waals surface area contributed by atoms with Gasteiger partial charge in [-0.25, -0.2) is 9.67 Å². The molecule has 0 aliphatic carbocycles. The van der Waals surface area contributed by atoms with Crippen LogP contribution >= 0.6 is 0 Å². The minimum Gasteiger partial charge on any atom is -0.497 e. The van der Waals surface area contributed by atoms with Crippen molar-refractivity contribution in [3.05, 3.63) is 76.4 Å². The van der Waals surface area contributed by atoms with E-state index in [0.29, 0.717) is 6.42 Å². The topological polar surface area (TPSA) is 112 Å². The van der Waals surface area contributed by atoms with Gasteiger partial charge in [0.15, 0.2) is 0 Å². The van der Waals surface area contributed by atoms with Crippen LogP contribution in [0.5, 0.6) is 5.75 Å². The van der Waals surface area contributed by atoms with E-state index < -0.39 is 10.8 Å². The van der Waals surface area contributed by atoms with E-state index in [1.54, 1.807) is 7.11 Å². The molecule has 0 saturated carbocycles. The molecule has 0 radical (unpaired) electrons. The van der Waals surface area contributed by atoms with Crippen molar-refractivity contribution in [1.82, 2.24) is 20.1 Å². The normalized spacial score (nSPS) is 11.6. The van der Waals surface area contributed by atoms with Gasteiger partial charge in [-0.15, -0.1) is 0 Å². The molecule has 1 atom stereocenters. The van der Waals surface area contributed by atoms with Gasteiger partial charge in [-0.3, -0.25) is 14.9 Å². The summed E-state index contributed by atoms with van der Waals surface area (Å²) in [4.78, 5) is 27.4. The fourth-order valence-corrected chi connectivity index (χ4v) is 2.84. The Hall–Kier alpha value is -3.75. The molecule has 0 spiro atoms. The summed E-state index contributed by atoms with van der Waals surface area (Å²) in [5, 5.41) is 18.3. The Morgan fingerprint density at radius 1 is 1.29 bits per heavy atom. The van der Waals surface area contributed by atoms with E-state index in [0.717, 1.165) is 11.3 Å². The van der Waals surface area contributed by atoms with Gasteiger partial charge in [-0.2, -0.15) is 5.10 Å². The molecule has 1 aromatic heterocycles. The molecule has 144 valence electrons. The lowest BCUT2D eigenvalue weighted by atomic mass is 10.0. The molecule has 0 fully saturated rings. The Balaban J connectivity index is 1.84. The lowest BCUT2D eigenvalue weighted by molar-refractivity contribution is -0.384. The number of nitro benzene ring substituents is 1. The highest BCUT2D eigenvalue weighted by Crippen LogP contribution is 2.25. The highest BCUT2D eigenvalue weighted by Gasteiger charge is 2.21. The number of carbonyl (C=O) groups excluding carboxylic acids is 1. The lowest BCUT2D eigenvalue weighted by Gasteiger charge is -2.18. The number of carbonyl (C=O) groups is 1. The Labute approximate surface area is 161 Å². The molecule has 0 bridgehead atoms. The van der Waals surface area contributed by atoms with Crippen molar-refractivity contribution in [3.8, 4) is 11.4 Å². The third kappa shape index (κ3) is 3.98. The molecular formula is C19H19N5O4. The van der Waals surface area contributed by atoms with Crippen LogP contribution in [-0.2, 0) is 0 Å². The van der Waals surface area contributed by atoms with Crippen molar-refractivity contribution in [3.63, 3.8) is 0 Å². The first-order chi connectivity index (χ1) is 13.5. The number of nitrogens with one attached hydrogen (secondary N) is 1. The number of nitrogens with zero attached hydrogens (tertiary/aromatic N) is 4. The van der Waals surface area contributed by atoms with Crippen LogP contribution in [0.15, 0.2) is 55.1 Å². The van der Waals surface area contributed by atoms with Crippen molar-refractivity contribution < 1.29 is 14.5 Å². The molecule has 0 unspecified atom stereocenters. The van der Waals surface area contributed by atoms with E-state index in [4.69, 9.17) is 4.74 Å². The number of amides is 1. The van der Waals surface area contributed by atoms with Crippen LogP contribution in [0.4, 0.5) is 5.69 Å². The molecule has 1 amide bonds. The molecule has 1 heterocycles. The number of benzene rings is 2. The van der Waals surface area contributed by atoms with Gasteiger partial charge >= 0.3 is 0 Å². The van der Waals surface area contributed by atoms with Gasteiger partial charge in [0.2, 0.25) is 0 Å². The Bertz CT molecular complexity index is 970. The summed E-state index contributed by atoms with van der Waals surface area (Å²) in [6.07, 6.45) is 3.31. The van der Waals surface area contributed by atoms with Gasteiger partial charge in [0.05, 0.1) is 18.1 Å². The minimum atomic E-state index is -0.547. The van der Waals surface area contributed by atoms with Crippen LogP contribution in [0, 0.1) is 10.1 Å². The summed E-state index contributed by atoms with van der Waals surface area (Å²) in [5.74, 6) is 0.333. The van der Waals surface area contributed by atoms with Gasteiger partial charge in [0.1, 0.15) is 24.1 Å². The van der Waals surface area contributed by atoms with Crippen molar-refractivity contribution in [2.24, 2.45) is 0 Å². The predicted octanol–water partition coefficient (Wildman–Crippen LogP) is 3.07. The molecule has 9 nitrogen and oxygen atoms in total. The van der Waals surface area contributed by atoms with Crippen LogP contribution in [0.1, 0.15) is 35.3 Å². The van der Waals surface area contributed by atoms with Crippen molar-refractivity contribution in [1.29, 1.82) is 0 Å². The molecule has 3 aromatic rings. The van der Waals surface area contributed by atoms with E-state index in [9.17, 15) is 14.9 Å². The zero-order chi connectivity index (χ0) is 20.1. The smallest absolute Gasteiger partial charge is 0.295 e. The maximum atomic E-state index is 12.7. The number of ether oxygens (including phenoxy) is 1. The summed E-state index contributed by atoms with van der Waals surface area (Å²) >= 11 is 0. The first-order valence-electron chi connectivity index (χ1n) is 8.61. The van der Waals surface area contributed by atoms with E-state index in [1.807, 2.05) is 31.2 Å². The molecule has 9 heteroatoms. The summed E-state index contributed by atoms with van der Waals surface area (Å²) in [7, 11) is 1.59. The number of rotatable bonds is 7. The van der Waals surface area contributed by atoms with Gasteiger partial charge in [-0.1, -0.05) is 19.1 Å². The number of hydrogen-bond acceptors (Lipinski definition) is 6. The Morgan fingerprint density at radius 2 is 2.04 bits per heavy atom. The maximum absolute atomic E-state index is 12.7. The maximum Gasteiger partial charge on any atom is 0.295 e. The van der Waals surface area contributed by atoms with E-state index >= 15 is 0 Å². The second-order valence-electron chi connectivity index (χ2n) is 6.01. The highest BCUT2D eigenvalue weighted by atomic mass is 16.6. The van der Waals surface area contributed by atoms with Crippen molar-refractivity contribution >= 4 is 11.6 Å². The fourth-order valence-electron chi connectivity index (χ4n) is 2.84. The fraction of sp³-hybridized carbons (Fsp3) is 0.211. The highest BCUT2D eigenvalue weighted by molar-refractivity contribution is 5.95. The average Bonchev–Trinajstić information content (AvgIpc) is 3.26. The summed E-state index contributed by atoms with van der Waals surface area (Å²) in [6, 6.07) is 11.4. The summed E-state index contributed by atoms with van der Waals surface area (Å²) in [6.45, 7) is 1.95.